The molecule has 0 unspecified atom stereocenters. The standard InChI is InChI=1S/C17H22FN5O/c1-11-4-3-5-15(12(11)2)19-16(24)10-23-21-17(20-22-23)13-6-8-14(18)9-7-13/h6-9,11-12,15H,3-5,10H2,1-2H3,(H,19,24)/t11-,12+,15-/m0/s1. The Balaban J connectivity index is 1.60. The second-order valence-electron chi connectivity index (χ2n) is 6.59. The number of halogens is 1. The van der Waals surface area contributed by atoms with E-state index in [-0.39, 0.29) is 24.3 Å². The molecule has 128 valence electrons. The molecule has 1 amide bonds. The van der Waals surface area contributed by atoms with E-state index in [1.165, 1.54) is 23.4 Å². The predicted octanol–water partition coefficient (Wildman–Crippen LogP) is 2.42. The van der Waals surface area contributed by atoms with Gasteiger partial charge in [-0.3, -0.25) is 4.79 Å². The average molecular weight is 331 g/mol. The first-order chi connectivity index (χ1) is 11.5. The molecular weight excluding hydrogens is 309 g/mol. The molecule has 1 aliphatic rings. The number of rotatable bonds is 4. The lowest BCUT2D eigenvalue weighted by atomic mass is 9.78. The highest BCUT2D eigenvalue weighted by Crippen LogP contribution is 2.29. The Kier molecular flexibility index (Phi) is 4.87. The number of hydrogen-bond acceptors (Lipinski definition) is 4. The molecule has 0 aliphatic heterocycles. The molecule has 0 bridgehead atoms. The summed E-state index contributed by atoms with van der Waals surface area (Å²) < 4.78 is 12.9. The Morgan fingerprint density at radius 1 is 1.29 bits per heavy atom. The normalized spacial score (nSPS) is 23.9. The van der Waals surface area contributed by atoms with Crippen LogP contribution in [0.3, 0.4) is 0 Å². The molecule has 1 N–H and O–H groups in total. The zero-order chi connectivity index (χ0) is 17.1. The van der Waals surface area contributed by atoms with Gasteiger partial charge in [0.15, 0.2) is 0 Å². The highest BCUT2D eigenvalue weighted by molar-refractivity contribution is 5.75. The molecule has 1 aliphatic carbocycles. The number of amides is 1. The number of hydrogen-bond donors (Lipinski definition) is 1. The smallest absolute Gasteiger partial charge is 0.243 e. The van der Waals surface area contributed by atoms with E-state index >= 15 is 0 Å². The average Bonchev–Trinajstić information content (AvgIpc) is 3.01. The van der Waals surface area contributed by atoms with Gasteiger partial charge in [-0.15, -0.1) is 10.2 Å². The first-order valence-electron chi connectivity index (χ1n) is 8.36. The van der Waals surface area contributed by atoms with E-state index in [9.17, 15) is 9.18 Å². The van der Waals surface area contributed by atoms with Gasteiger partial charge >= 0.3 is 0 Å². The van der Waals surface area contributed by atoms with Gasteiger partial charge < -0.3 is 5.32 Å². The van der Waals surface area contributed by atoms with Crippen molar-refractivity contribution in [1.82, 2.24) is 25.5 Å². The van der Waals surface area contributed by atoms with Gasteiger partial charge in [0.05, 0.1) is 0 Å². The lowest BCUT2D eigenvalue weighted by Crippen LogP contribution is -2.45. The largest absolute Gasteiger partial charge is 0.351 e. The van der Waals surface area contributed by atoms with E-state index in [1.54, 1.807) is 12.1 Å². The van der Waals surface area contributed by atoms with Gasteiger partial charge in [0, 0.05) is 11.6 Å². The molecule has 24 heavy (non-hydrogen) atoms. The lowest BCUT2D eigenvalue weighted by Gasteiger charge is -2.34. The summed E-state index contributed by atoms with van der Waals surface area (Å²) in [5.41, 5.74) is 0.665. The molecule has 7 heteroatoms. The third kappa shape index (κ3) is 3.77. The van der Waals surface area contributed by atoms with Gasteiger partial charge in [-0.25, -0.2) is 4.39 Å². The van der Waals surface area contributed by atoms with Crippen LogP contribution in [0.4, 0.5) is 4.39 Å². The monoisotopic (exact) mass is 331 g/mol. The van der Waals surface area contributed by atoms with Crippen molar-refractivity contribution in [2.75, 3.05) is 0 Å². The molecule has 1 saturated carbocycles. The van der Waals surface area contributed by atoms with Crippen molar-refractivity contribution in [3.8, 4) is 11.4 Å². The van der Waals surface area contributed by atoms with Gasteiger partial charge in [0.1, 0.15) is 12.4 Å². The maximum absolute atomic E-state index is 12.9. The van der Waals surface area contributed by atoms with Crippen molar-refractivity contribution in [2.45, 2.75) is 45.7 Å². The van der Waals surface area contributed by atoms with Gasteiger partial charge in [-0.1, -0.05) is 26.7 Å². The summed E-state index contributed by atoms with van der Waals surface area (Å²) in [6, 6.07) is 6.06. The van der Waals surface area contributed by atoms with Crippen molar-refractivity contribution in [3.05, 3.63) is 30.1 Å². The minimum atomic E-state index is -0.318. The Morgan fingerprint density at radius 3 is 2.79 bits per heavy atom. The van der Waals surface area contributed by atoms with Gasteiger partial charge in [0.2, 0.25) is 11.7 Å². The second-order valence-corrected chi connectivity index (χ2v) is 6.59. The molecule has 1 fully saturated rings. The Labute approximate surface area is 140 Å². The van der Waals surface area contributed by atoms with E-state index in [4.69, 9.17) is 0 Å². The molecule has 1 aromatic carbocycles. The zero-order valence-electron chi connectivity index (χ0n) is 13.9. The highest BCUT2D eigenvalue weighted by Gasteiger charge is 2.28. The molecule has 0 radical (unpaired) electrons. The molecule has 1 heterocycles. The maximum Gasteiger partial charge on any atom is 0.243 e. The summed E-state index contributed by atoms with van der Waals surface area (Å²) in [5, 5.41) is 15.1. The summed E-state index contributed by atoms with van der Waals surface area (Å²) in [7, 11) is 0. The first kappa shape index (κ1) is 16.5. The van der Waals surface area contributed by atoms with Crippen LogP contribution in [0.25, 0.3) is 11.4 Å². The molecule has 1 aromatic heterocycles. The van der Waals surface area contributed by atoms with Gasteiger partial charge in [-0.2, -0.15) is 4.80 Å². The fourth-order valence-corrected chi connectivity index (χ4v) is 3.19. The Bertz CT molecular complexity index is 699. The Hall–Kier alpha value is -2.31. The molecule has 2 aromatic rings. The van der Waals surface area contributed by atoms with Crippen LogP contribution in [-0.2, 0) is 11.3 Å². The van der Waals surface area contributed by atoms with Crippen LogP contribution < -0.4 is 5.32 Å². The number of tetrazole rings is 1. The van der Waals surface area contributed by atoms with Gasteiger partial charge in [0.25, 0.3) is 0 Å². The fraction of sp³-hybridized carbons (Fsp3) is 0.529. The van der Waals surface area contributed by atoms with Gasteiger partial charge in [-0.05, 0) is 47.7 Å². The van der Waals surface area contributed by atoms with E-state index in [2.05, 4.69) is 34.6 Å². The summed E-state index contributed by atoms with van der Waals surface area (Å²) in [6.07, 6.45) is 3.38. The van der Waals surface area contributed by atoms with Crippen molar-refractivity contribution in [3.63, 3.8) is 0 Å². The molecule has 0 saturated heterocycles. The number of benzene rings is 1. The third-order valence-corrected chi connectivity index (χ3v) is 4.89. The SMILES string of the molecule is C[C@H]1[C@@H](NC(=O)Cn2nnc(-c3ccc(F)cc3)n2)CCC[C@@H]1C. The van der Waals surface area contributed by atoms with Crippen LogP contribution in [0.5, 0.6) is 0 Å². The molecular formula is C17H22FN5O. The molecule has 0 spiro atoms. The van der Waals surface area contributed by atoms with Crippen molar-refractivity contribution < 1.29 is 9.18 Å². The second kappa shape index (κ2) is 7.07. The number of aromatic nitrogens is 4. The predicted molar refractivity (Wildman–Crippen MR) is 87.3 cm³/mol. The number of carbonyl (C=O) groups excluding carboxylic acids is 1. The molecule has 6 nitrogen and oxygen atoms in total. The number of nitrogens with one attached hydrogen (secondary N) is 1. The minimum absolute atomic E-state index is 0.0335. The highest BCUT2D eigenvalue weighted by atomic mass is 19.1. The van der Waals surface area contributed by atoms with E-state index in [0.29, 0.717) is 23.2 Å². The summed E-state index contributed by atoms with van der Waals surface area (Å²) in [6.45, 7) is 4.46. The van der Waals surface area contributed by atoms with E-state index in [1.807, 2.05) is 0 Å². The van der Waals surface area contributed by atoms with Crippen LogP contribution in [0.1, 0.15) is 33.1 Å². The minimum Gasteiger partial charge on any atom is -0.351 e. The fourth-order valence-electron chi connectivity index (χ4n) is 3.19. The summed E-state index contributed by atoms with van der Waals surface area (Å²) in [4.78, 5) is 13.5. The summed E-state index contributed by atoms with van der Waals surface area (Å²) >= 11 is 0. The van der Waals surface area contributed by atoms with Crippen molar-refractivity contribution in [2.24, 2.45) is 11.8 Å². The maximum atomic E-state index is 12.9. The quantitative estimate of drug-likeness (QED) is 0.934. The van der Waals surface area contributed by atoms with Crippen LogP contribution in [0.2, 0.25) is 0 Å². The Morgan fingerprint density at radius 2 is 2.04 bits per heavy atom. The number of nitrogens with zero attached hydrogens (tertiary/aromatic N) is 4. The first-order valence-corrected chi connectivity index (χ1v) is 8.36. The molecule has 3 rings (SSSR count). The van der Waals surface area contributed by atoms with Crippen molar-refractivity contribution in [1.29, 1.82) is 0 Å². The lowest BCUT2D eigenvalue weighted by molar-refractivity contribution is -0.123. The van der Waals surface area contributed by atoms with Crippen LogP contribution >= 0.6 is 0 Å². The topological polar surface area (TPSA) is 72.7 Å². The van der Waals surface area contributed by atoms with Crippen LogP contribution in [0, 0.1) is 17.7 Å². The van der Waals surface area contributed by atoms with E-state index in [0.717, 1.165) is 12.8 Å². The van der Waals surface area contributed by atoms with E-state index < -0.39 is 0 Å². The summed E-state index contributed by atoms with van der Waals surface area (Å²) in [5.74, 6) is 1.05. The molecule has 3 atom stereocenters. The van der Waals surface area contributed by atoms with Crippen LogP contribution in [0.15, 0.2) is 24.3 Å². The zero-order valence-corrected chi connectivity index (χ0v) is 13.9. The van der Waals surface area contributed by atoms with Crippen LogP contribution in [-0.4, -0.2) is 32.2 Å². The third-order valence-electron chi connectivity index (χ3n) is 4.89. The number of carbonyl (C=O) groups is 1. The van der Waals surface area contributed by atoms with Crippen molar-refractivity contribution >= 4 is 5.91 Å².